The van der Waals surface area contributed by atoms with Gasteiger partial charge in [0.2, 0.25) is 11.0 Å². The molecule has 1 aromatic carbocycles. The number of thioether (sulfide) groups is 1. The molecule has 0 saturated heterocycles. The van der Waals surface area contributed by atoms with Gasteiger partial charge in [0.15, 0.2) is 4.34 Å². The molecule has 3 aromatic rings. The van der Waals surface area contributed by atoms with E-state index >= 15 is 0 Å². The minimum absolute atomic E-state index is 0.0227. The van der Waals surface area contributed by atoms with Crippen molar-refractivity contribution in [1.29, 1.82) is 0 Å². The highest BCUT2D eigenvalue weighted by atomic mass is 35.5. The molecule has 2 aromatic heterocycles. The molecule has 0 bridgehead atoms. The molecule has 5 nitrogen and oxygen atoms in total. The predicted octanol–water partition coefficient (Wildman–Crippen LogP) is 5.02. The Morgan fingerprint density at radius 3 is 2.88 bits per heavy atom. The number of thiophene rings is 1. The van der Waals surface area contributed by atoms with Crippen LogP contribution in [0.4, 0.5) is 10.8 Å². The van der Waals surface area contributed by atoms with Crippen molar-refractivity contribution in [2.75, 3.05) is 11.1 Å². The molecule has 0 fully saturated rings. The fourth-order valence-electron chi connectivity index (χ4n) is 2.28. The van der Waals surface area contributed by atoms with Crippen molar-refractivity contribution < 1.29 is 4.79 Å². The van der Waals surface area contributed by atoms with Gasteiger partial charge in [0.05, 0.1) is 23.0 Å². The SMILES string of the molecule is Cc1cc(C)c(Nc2nnc(SCC(=O)NCc3cccs3)s2)c(Cl)c1. The Bertz CT molecular complexity index is 872. The van der Waals surface area contributed by atoms with E-state index in [9.17, 15) is 4.79 Å². The molecule has 0 spiro atoms. The van der Waals surface area contributed by atoms with E-state index in [1.54, 1.807) is 11.3 Å². The Labute approximate surface area is 169 Å². The molecule has 9 heteroatoms. The van der Waals surface area contributed by atoms with Crippen molar-refractivity contribution in [3.05, 3.63) is 50.7 Å². The molecule has 0 unspecified atom stereocenters. The minimum Gasteiger partial charge on any atom is -0.350 e. The fraction of sp³-hybridized carbons (Fsp3) is 0.235. The van der Waals surface area contributed by atoms with E-state index in [0.29, 0.717) is 22.5 Å². The Morgan fingerprint density at radius 2 is 2.15 bits per heavy atom. The second kappa shape index (κ2) is 8.85. The van der Waals surface area contributed by atoms with Crippen LogP contribution in [0, 0.1) is 13.8 Å². The molecule has 0 aliphatic rings. The van der Waals surface area contributed by atoms with Gasteiger partial charge < -0.3 is 10.6 Å². The van der Waals surface area contributed by atoms with Crippen molar-refractivity contribution in [3.8, 4) is 0 Å². The number of nitrogens with one attached hydrogen (secondary N) is 2. The van der Waals surface area contributed by atoms with Gasteiger partial charge in [0, 0.05) is 4.88 Å². The standard InChI is InChI=1S/C17H17ClN4OS3/c1-10-6-11(2)15(13(18)7-10)20-16-21-22-17(26-16)25-9-14(23)19-8-12-4-3-5-24-12/h3-7H,8-9H2,1-2H3,(H,19,23)(H,20,21). The normalized spacial score (nSPS) is 10.7. The third-order valence-corrected chi connectivity index (χ3v) is 6.58. The third kappa shape index (κ3) is 5.20. The molecule has 2 heterocycles. The zero-order chi connectivity index (χ0) is 18.5. The van der Waals surface area contributed by atoms with Crippen LogP contribution in [0.15, 0.2) is 34.0 Å². The highest BCUT2D eigenvalue weighted by Crippen LogP contribution is 2.33. The lowest BCUT2D eigenvalue weighted by molar-refractivity contribution is -0.118. The van der Waals surface area contributed by atoms with Crippen molar-refractivity contribution in [3.63, 3.8) is 0 Å². The van der Waals surface area contributed by atoms with Gasteiger partial charge >= 0.3 is 0 Å². The molecular formula is C17H17ClN4OS3. The Hall–Kier alpha value is -1.61. The van der Waals surface area contributed by atoms with Crippen molar-refractivity contribution in [2.24, 2.45) is 0 Å². The minimum atomic E-state index is -0.0227. The second-order valence-electron chi connectivity index (χ2n) is 5.58. The van der Waals surface area contributed by atoms with Crippen LogP contribution in [-0.4, -0.2) is 21.9 Å². The summed E-state index contributed by atoms with van der Waals surface area (Å²) in [6, 6.07) is 7.94. The Kier molecular flexibility index (Phi) is 6.53. The highest BCUT2D eigenvalue weighted by molar-refractivity contribution is 8.01. The van der Waals surface area contributed by atoms with Crippen LogP contribution in [-0.2, 0) is 11.3 Å². The first-order valence-corrected chi connectivity index (χ1v) is 10.9. The fourth-order valence-corrected chi connectivity index (χ4v) is 4.88. The van der Waals surface area contributed by atoms with Crippen LogP contribution in [0.3, 0.4) is 0 Å². The maximum Gasteiger partial charge on any atom is 0.230 e. The van der Waals surface area contributed by atoms with E-state index < -0.39 is 0 Å². The van der Waals surface area contributed by atoms with Gasteiger partial charge in [0.25, 0.3) is 0 Å². The number of amides is 1. The van der Waals surface area contributed by atoms with Gasteiger partial charge in [-0.25, -0.2) is 0 Å². The predicted molar refractivity (Wildman–Crippen MR) is 111 cm³/mol. The summed E-state index contributed by atoms with van der Waals surface area (Å²) in [5.41, 5.74) is 2.99. The van der Waals surface area contributed by atoms with Crippen LogP contribution in [0.5, 0.6) is 0 Å². The first-order chi connectivity index (χ1) is 12.5. The zero-order valence-electron chi connectivity index (χ0n) is 14.2. The van der Waals surface area contributed by atoms with Crippen molar-refractivity contribution in [2.45, 2.75) is 24.7 Å². The van der Waals surface area contributed by atoms with Crippen molar-refractivity contribution >= 4 is 62.8 Å². The molecule has 26 heavy (non-hydrogen) atoms. The molecule has 0 radical (unpaired) electrons. The smallest absolute Gasteiger partial charge is 0.230 e. The van der Waals surface area contributed by atoms with Crippen LogP contribution in [0.2, 0.25) is 5.02 Å². The number of anilines is 2. The lowest BCUT2D eigenvalue weighted by Gasteiger charge is -2.09. The molecule has 3 rings (SSSR count). The second-order valence-corrected chi connectivity index (χ2v) is 9.22. The third-order valence-electron chi connectivity index (χ3n) is 3.44. The molecule has 1 amide bonds. The van der Waals surface area contributed by atoms with Gasteiger partial charge in [-0.2, -0.15) is 0 Å². The summed E-state index contributed by atoms with van der Waals surface area (Å²) < 4.78 is 0.736. The van der Waals surface area contributed by atoms with E-state index in [1.165, 1.54) is 23.1 Å². The molecule has 0 aliphatic carbocycles. The van der Waals surface area contributed by atoms with Gasteiger partial charge in [-0.15, -0.1) is 21.5 Å². The molecule has 2 N–H and O–H groups in total. The van der Waals surface area contributed by atoms with Gasteiger partial charge in [-0.05, 0) is 42.5 Å². The molecule has 0 saturated carbocycles. The number of hydrogen-bond donors (Lipinski definition) is 2. The molecule has 0 atom stereocenters. The van der Waals surface area contributed by atoms with Crippen LogP contribution >= 0.6 is 46.0 Å². The molecule has 0 aliphatic heterocycles. The molecular weight excluding hydrogens is 408 g/mol. The van der Waals surface area contributed by atoms with E-state index in [4.69, 9.17) is 11.6 Å². The van der Waals surface area contributed by atoms with Crippen LogP contribution in [0.1, 0.15) is 16.0 Å². The summed E-state index contributed by atoms with van der Waals surface area (Å²) in [5.74, 6) is 0.287. The quantitative estimate of drug-likeness (QED) is 0.521. The van der Waals surface area contributed by atoms with E-state index in [2.05, 4.69) is 26.9 Å². The summed E-state index contributed by atoms with van der Waals surface area (Å²) in [7, 11) is 0. The number of aryl methyl sites for hydroxylation is 2. The van der Waals surface area contributed by atoms with Gasteiger partial charge in [-0.1, -0.05) is 46.8 Å². The average Bonchev–Trinajstić information content (AvgIpc) is 3.26. The summed E-state index contributed by atoms with van der Waals surface area (Å²) >= 11 is 10.7. The Morgan fingerprint density at radius 1 is 1.31 bits per heavy atom. The topological polar surface area (TPSA) is 66.9 Å². The van der Waals surface area contributed by atoms with Gasteiger partial charge in [-0.3, -0.25) is 4.79 Å². The number of nitrogens with zero attached hydrogens (tertiary/aromatic N) is 2. The zero-order valence-corrected chi connectivity index (χ0v) is 17.4. The average molecular weight is 425 g/mol. The summed E-state index contributed by atoms with van der Waals surface area (Å²) in [4.78, 5) is 13.1. The summed E-state index contributed by atoms with van der Waals surface area (Å²) in [6.07, 6.45) is 0. The Balaban J connectivity index is 1.52. The largest absolute Gasteiger partial charge is 0.350 e. The number of carbonyl (C=O) groups excluding carboxylic acids is 1. The van der Waals surface area contributed by atoms with Crippen LogP contribution in [0.25, 0.3) is 0 Å². The summed E-state index contributed by atoms with van der Waals surface area (Å²) in [5, 5.41) is 17.7. The highest BCUT2D eigenvalue weighted by Gasteiger charge is 2.11. The lowest BCUT2D eigenvalue weighted by atomic mass is 10.1. The maximum atomic E-state index is 11.9. The lowest BCUT2D eigenvalue weighted by Crippen LogP contribution is -2.24. The summed E-state index contributed by atoms with van der Waals surface area (Å²) in [6.45, 7) is 4.56. The maximum absolute atomic E-state index is 11.9. The van der Waals surface area contributed by atoms with E-state index in [-0.39, 0.29) is 5.91 Å². The number of halogens is 1. The number of aromatic nitrogens is 2. The molecule has 136 valence electrons. The number of benzene rings is 1. The number of hydrogen-bond acceptors (Lipinski definition) is 7. The van der Waals surface area contributed by atoms with E-state index in [0.717, 1.165) is 26.0 Å². The first-order valence-electron chi connectivity index (χ1n) is 7.80. The number of carbonyl (C=O) groups is 1. The number of rotatable bonds is 7. The van der Waals surface area contributed by atoms with E-state index in [1.807, 2.05) is 37.4 Å². The first kappa shape index (κ1) is 19.2. The van der Waals surface area contributed by atoms with Crippen LogP contribution < -0.4 is 10.6 Å². The monoisotopic (exact) mass is 424 g/mol. The van der Waals surface area contributed by atoms with Crippen molar-refractivity contribution in [1.82, 2.24) is 15.5 Å². The van der Waals surface area contributed by atoms with Gasteiger partial charge in [0.1, 0.15) is 0 Å².